The predicted molar refractivity (Wildman–Crippen MR) is 88.9 cm³/mol. The Morgan fingerprint density at radius 2 is 1.11 bits per heavy atom. The van der Waals surface area contributed by atoms with Crippen molar-refractivity contribution in [1.82, 2.24) is 0 Å². The average molecular weight is 380 g/mol. The first-order chi connectivity index (χ1) is 8.82. The van der Waals surface area contributed by atoms with Crippen LogP contribution in [0.3, 0.4) is 0 Å². The maximum Gasteiger partial charge on any atom is 0.0207 e. The molecule has 0 atom stereocenters. The molecule has 0 heterocycles. The normalized spacial score (nSPS) is 15.3. The standard InChI is InChI=1S/C17H16Br2/c1-9-5-11-12-6-10(2)16(19)8-14(12)17(3,4)13(11)7-15(9)18/h5-8H,1-4H3. The summed E-state index contributed by atoms with van der Waals surface area (Å²) in [6, 6.07) is 9.18. The second-order valence-electron chi connectivity index (χ2n) is 5.92. The van der Waals surface area contributed by atoms with Crippen molar-refractivity contribution in [3.05, 3.63) is 55.5 Å². The zero-order chi connectivity index (χ0) is 13.9. The Morgan fingerprint density at radius 1 is 0.737 bits per heavy atom. The van der Waals surface area contributed by atoms with Crippen LogP contribution in [0.5, 0.6) is 0 Å². The van der Waals surface area contributed by atoms with Gasteiger partial charge in [0.25, 0.3) is 0 Å². The van der Waals surface area contributed by atoms with E-state index in [0.29, 0.717) is 0 Å². The fourth-order valence-corrected chi connectivity index (χ4v) is 3.67. The molecule has 0 fully saturated rings. The molecule has 0 amide bonds. The smallest absolute Gasteiger partial charge is 0.0207 e. The van der Waals surface area contributed by atoms with E-state index in [2.05, 4.69) is 83.8 Å². The summed E-state index contributed by atoms with van der Waals surface area (Å²) in [7, 11) is 0. The van der Waals surface area contributed by atoms with Gasteiger partial charge in [0.05, 0.1) is 0 Å². The molecule has 19 heavy (non-hydrogen) atoms. The molecular formula is C17H16Br2. The van der Waals surface area contributed by atoms with Crippen LogP contribution in [0, 0.1) is 13.8 Å². The van der Waals surface area contributed by atoms with Crippen LogP contribution in [0.1, 0.15) is 36.1 Å². The second kappa shape index (κ2) is 4.20. The molecule has 2 aromatic rings. The van der Waals surface area contributed by atoms with Gasteiger partial charge in [0.1, 0.15) is 0 Å². The van der Waals surface area contributed by atoms with Crippen LogP contribution in [0.2, 0.25) is 0 Å². The number of halogens is 2. The lowest BCUT2D eigenvalue weighted by molar-refractivity contribution is 0.659. The second-order valence-corrected chi connectivity index (χ2v) is 7.63. The van der Waals surface area contributed by atoms with Crippen LogP contribution < -0.4 is 0 Å². The van der Waals surface area contributed by atoms with E-state index in [1.807, 2.05) is 0 Å². The molecule has 0 N–H and O–H groups in total. The molecule has 0 spiro atoms. The Hall–Kier alpha value is -0.600. The maximum atomic E-state index is 3.66. The predicted octanol–water partition coefficient (Wildman–Crippen LogP) is 6.13. The first-order valence-corrected chi connectivity index (χ1v) is 8.02. The van der Waals surface area contributed by atoms with Crippen LogP contribution in [0.4, 0.5) is 0 Å². The number of rotatable bonds is 0. The number of benzene rings is 2. The summed E-state index contributed by atoms with van der Waals surface area (Å²) in [6.45, 7) is 8.92. The molecule has 0 aliphatic heterocycles. The zero-order valence-electron chi connectivity index (χ0n) is 11.6. The van der Waals surface area contributed by atoms with Gasteiger partial charge in [-0.1, -0.05) is 45.7 Å². The molecular weight excluding hydrogens is 364 g/mol. The summed E-state index contributed by atoms with van der Waals surface area (Å²) < 4.78 is 2.39. The Morgan fingerprint density at radius 3 is 1.47 bits per heavy atom. The zero-order valence-corrected chi connectivity index (χ0v) is 14.7. The Bertz CT molecular complexity index is 637. The number of hydrogen-bond acceptors (Lipinski definition) is 0. The van der Waals surface area contributed by atoms with Gasteiger partial charge in [-0.25, -0.2) is 0 Å². The monoisotopic (exact) mass is 378 g/mol. The third-order valence-corrected chi connectivity index (χ3v) is 5.94. The van der Waals surface area contributed by atoms with E-state index in [1.165, 1.54) is 42.3 Å². The third kappa shape index (κ3) is 1.84. The van der Waals surface area contributed by atoms with Crippen molar-refractivity contribution < 1.29 is 0 Å². The number of aryl methyl sites for hydroxylation is 2. The highest BCUT2D eigenvalue weighted by atomic mass is 79.9. The van der Waals surface area contributed by atoms with E-state index in [9.17, 15) is 0 Å². The van der Waals surface area contributed by atoms with Crippen molar-refractivity contribution in [2.75, 3.05) is 0 Å². The summed E-state index contributed by atoms with van der Waals surface area (Å²) in [5.74, 6) is 0. The van der Waals surface area contributed by atoms with Gasteiger partial charge in [0.2, 0.25) is 0 Å². The molecule has 0 aromatic heterocycles. The Kier molecular flexibility index (Phi) is 2.96. The molecule has 2 aromatic carbocycles. The van der Waals surface area contributed by atoms with Crippen LogP contribution in [-0.4, -0.2) is 0 Å². The molecule has 0 bridgehead atoms. The fraction of sp³-hybridized carbons (Fsp3) is 0.294. The lowest BCUT2D eigenvalue weighted by Gasteiger charge is -2.22. The van der Waals surface area contributed by atoms with E-state index >= 15 is 0 Å². The minimum Gasteiger partial charge on any atom is -0.0516 e. The van der Waals surface area contributed by atoms with E-state index in [0.717, 1.165) is 0 Å². The van der Waals surface area contributed by atoms with Crippen LogP contribution in [0.15, 0.2) is 33.2 Å². The van der Waals surface area contributed by atoms with Crippen molar-refractivity contribution >= 4 is 31.9 Å². The molecule has 2 heteroatoms. The van der Waals surface area contributed by atoms with Gasteiger partial charge >= 0.3 is 0 Å². The highest BCUT2D eigenvalue weighted by Crippen LogP contribution is 2.51. The van der Waals surface area contributed by atoms with Gasteiger partial charge in [-0.15, -0.1) is 0 Å². The SMILES string of the molecule is Cc1cc2c(cc1Br)C(C)(C)c1cc(Br)c(C)cc1-2. The van der Waals surface area contributed by atoms with E-state index in [1.54, 1.807) is 0 Å². The maximum absolute atomic E-state index is 3.66. The summed E-state index contributed by atoms with van der Waals surface area (Å²) in [5.41, 5.74) is 8.25. The average Bonchev–Trinajstić information content (AvgIpc) is 2.52. The van der Waals surface area contributed by atoms with E-state index in [-0.39, 0.29) is 5.41 Å². The van der Waals surface area contributed by atoms with Gasteiger partial charge in [-0.3, -0.25) is 0 Å². The van der Waals surface area contributed by atoms with Gasteiger partial charge in [0, 0.05) is 14.4 Å². The lowest BCUT2D eigenvalue weighted by atomic mass is 9.82. The molecule has 3 rings (SSSR count). The summed E-state index contributed by atoms with van der Waals surface area (Å²) in [4.78, 5) is 0. The third-order valence-electron chi connectivity index (χ3n) is 4.23. The van der Waals surface area contributed by atoms with Crippen molar-refractivity contribution in [2.24, 2.45) is 0 Å². The quantitative estimate of drug-likeness (QED) is 0.516. The molecule has 0 saturated heterocycles. The van der Waals surface area contributed by atoms with Gasteiger partial charge in [-0.2, -0.15) is 0 Å². The molecule has 0 unspecified atom stereocenters. The first kappa shape index (κ1) is 13.4. The summed E-state index contributed by atoms with van der Waals surface area (Å²) >= 11 is 7.33. The highest BCUT2D eigenvalue weighted by molar-refractivity contribution is 9.10. The van der Waals surface area contributed by atoms with Crippen molar-refractivity contribution in [1.29, 1.82) is 0 Å². The topological polar surface area (TPSA) is 0 Å². The van der Waals surface area contributed by atoms with Gasteiger partial charge in [0.15, 0.2) is 0 Å². The summed E-state index contributed by atoms with van der Waals surface area (Å²) in [6.07, 6.45) is 0. The minimum absolute atomic E-state index is 0.0666. The molecule has 98 valence electrons. The molecule has 0 nitrogen and oxygen atoms in total. The minimum atomic E-state index is 0.0666. The van der Waals surface area contributed by atoms with Gasteiger partial charge in [-0.05, 0) is 71.5 Å². The first-order valence-electron chi connectivity index (χ1n) is 6.44. The Balaban J connectivity index is 2.40. The highest BCUT2D eigenvalue weighted by Gasteiger charge is 2.36. The lowest BCUT2D eigenvalue weighted by Crippen LogP contribution is -2.15. The van der Waals surface area contributed by atoms with Crippen LogP contribution >= 0.6 is 31.9 Å². The van der Waals surface area contributed by atoms with E-state index in [4.69, 9.17) is 0 Å². The van der Waals surface area contributed by atoms with Gasteiger partial charge < -0.3 is 0 Å². The van der Waals surface area contributed by atoms with Crippen LogP contribution in [-0.2, 0) is 5.41 Å². The molecule has 1 aliphatic rings. The molecule has 0 radical (unpaired) electrons. The Labute approximate surface area is 131 Å². The molecule has 1 aliphatic carbocycles. The van der Waals surface area contributed by atoms with Crippen molar-refractivity contribution in [3.63, 3.8) is 0 Å². The van der Waals surface area contributed by atoms with E-state index < -0.39 is 0 Å². The number of fused-ring (bicyclic) bond motifs is 3. The number of hydrogen-bond donors (Lipinski definition) is 0. The fourth-order valence-electron chi connectivity index (χ4n) is 2.99. The van der Waals surface area contributed by atoms with Crippen molar-refractivity contribution in [2.45, 2.75) is 33.1 Å². The molecule has 0 saturated carbocycles. The van der Waals surface area contributed by atoms with Crippen molar-refractivity contribution in [3.8, 4) is 11.1 Å². The van der Waals surface area contributed by atoms with Crippen LogP contribution in [0.25, 0.3) is 11.1 Å². The summed E-state index contributed by atoms with van der Waals surface area (Å²) in [5, 5.41) is 0. The largest absolute Gasteiger partial charge is 0.0516 e.